The molecule has 1 aromatic rings. The van der Waals surface area contributed by atoms with Crippen LogP contribution in [0.15, 0.2) is 30.3 Å². The van der Waals surface area contributed by atoms with Gasteiger partial charge in [0.25, 0.3) is 6.43 Å². The maximum atomic E-state index is 13.6. The van der Waals surface area contributed by atoms with Crippen molar-refractivity contribution in [3.63, 3.8) is 0 Å². The number of ether oxygens (including phenoxy) is 2. The standard InChI is InChI=1S/C20H28F2N2O4/c1-14-10-23(12-17(25)27-13-15-8-6-5-7-9-15)16(18(21)22)11-24(14)19(26)28-20(2,3)4/h5-9,14,16,18H,10-13H2,1-4H3/t14-,16-/m1/s1. The Labute approximate surface area is 164 Å². The normalized spacial score (nSPS) is 20.9. The minimum Gasteiger partial charge on any atom is -0.460 e. The van der Waals surface area contributed by atoms with Crippen LogP contribution in [0.1, 0.15) is 33.3 Å². The van der Waals surface area contributed by atoms with E-state index in [-0.39, 0.29) is 32.3 Å². The number of carbonyl (C=O) groups excluding carboxylic acids is 2. The number of benzene rings is 1. The Balaban J connectivity index is 1.97. The SMILES string of the molecule is C[C@@H]1CN(CC(=O)OCc2ccccc2)[C@@H](C(F)F)CN1C(=O)OC(C)(C)C. The molecule has 1 aliphatic heterocycles. The van der Waals surface area contributed by atoms with Crippen molar-refractivity contribution in [1.29, 1.82) is 0 Å². The van der Waals surface area contributed by atoms with Gasteiger partial charge in [-0.15, -0.1) is 0 Å². The zero-order valence-corrected chi connectivity index (χ0v) is 16.7. The summed E-state index contributed by atoms with van der Waals surface area (Å²) in [5, 5.41) is 0. The molecule has 1 amide bonds. The third kappa shape index (κ3) is 6.44. The molecule has 1 aromatic carbocycles. The molecule has 0 aliphatic carbocycles. The third-order valence-corrected chi connectivity index (χ3v) is 4.38. The zero-order valence-electron chi connectivity index (χ0n) is 16.7. The summed E-state index contributed by atoms with van der Waals surface area (Å²) < 4.78 is 37.7. The Morgan fingerprint density at radius 3 is 2.39 bits per heavy atom. The first kappa shape index (κ1) is 22.1. The van der Waals surface area contributed by atoms with E-state index in [1.165, 1.54) is 9.80 Å². The monoisotopic (exact) mass is 398 g/mol. The molecule has 0 saturated carbocycles. The van der Waals surface area contributed by atoms with Gasteiger partial charge in [0.15, 0.2) is 0 Å². The van der Waals surface area contributed by atoms with Gasteiger partial charge in [0.1, 0.15) is 12.2 Å². The van der Waals surface area contributed by atoms with Crippen LogP contribution >= 0.6 is 0 Å². The van der Waals surface area contributed by atoms with Crippen molar-refractivity contribution in [2.24, 2.45) is 0 Å². The van der Waals surface area contributed by atoms with Crippen LogP contribution in [0.3, 0.4) is 0 Å². The summed E-state index contributed by atoms with van der Waals surface area (Å²) in [4.78, 5) is 27.2. The lowest BCUT2D eigenvalue weighted by Crippen LogP contribution is -2.62. The Hall–Kier alpha value is -2.22. The van der Waals surface area contributed by atoms with Gasteiger partial charge in [0.2, 0.25) is 0 Å². The van der Waals surface area contributed by atoms with Crippen LogP contribution in [-0.4, -0.2) is 65.6 Å². The van der Waals surface area contributed by atoms with Crippen molar-refractivity contribution in [1.82, 2.24) is 9.80 Å². The van der Waals surface area contributed by atoms with Crippen molar-refractivity contribution in [3.05, 3.63) is 35.9 Å². The van der Waals surface area contributed by atoms with Crippen molar-refractivity contribution in [2.75, 3.05) is 19.6 Å². The number of esters is 1. The molecule has 2 rings (SSSR count). The van der Waals surface area contributed by atoms with E-state index in [0.717, 1.165) is 5.56 Å². The molecule has 8 heteroatoms. The number of carbonyl (C=O) groups is 2. The molecule has 0 aromatic heterocycles. The second-order valence-electron chi connectivity index (χ2n) is 7.96. The summed E-state index contributed by atoms with van der Waals surface area (Å²) >= 11 is 0. The van der Waals surface area contributed by atoms with Gasteiger partial charge in [0.05, 0.1) is 12.6 Å². The first-order valence-electron chi connectivity index (χ1n) is 9.28. The van der Waals surface area contributed by atoms with Gasteiger partial charge >= 0.3 is 12.1 Å². The lowest BCUT2D eigenvalue weighted by Gasteiger charge is -2.44. The number of nitrogens with zero attached hydrogens (tertiary/aromatic N) is 2. The van der Waals surface area contributed by atoms with Gasteiger partial charge in [0, 0.05) is 19.1 Å². The Morgan fingerprint density at radius 2 is 1.82 bits per heavy atom. The first-order valence-corrected chi connectivity index (χ1v) is 9.28. The summed E-state index contributed by atoms with van der Waals surface area (Å²) in [5.41, 5.74) is 0.111. The van der Waals surface area contributed by atoms with E-state index in [2.05, 4.69) is 0 Å². The molecule has 0 radical (unpaired) electrons. The van der Waals surface area contributed by atoms with Crippen molar-refractivity contribution in [3.8, 4) is 0 Å². The van der Waals surface area contributed by atoms with E-state index in [1.807, 2.05) is 30.3 Å². The minimum absolute atomic E-state index is 0.0897. The van der Waals surface area contributed by atoms with Gasteiger partial charge in [-0.1, -0.05) is 30.3 Å². The van der Waals surface area contributed by atoms with Crippen LogP contribution in [-0.2, 0) is 20.9 Å². The molecule has 156 valence electrons. The Morgan fingerprint density at radius 1 is 1.18 bits per heavy atom. The number of hydrogen-bond donors (Lipinski definition) is 0. The van der Waals surface area contributed by atoms with Crippen LogP contribution in [0.2, 0.25) is 0 Å². The van der Waals surface area contributed by atoms with Crippen LogP contribution in [0.5, 0.6) is 0 Å². The van der Waals surface area contributed by atoms with E-state index in [4.69, 9.17) is 9.47 Å². The van der Waals surface area contributed by atoms with Crippen LogP contribution < -0.4 is 0 Å². The summed E-state index contributed by atoms with van der Waals surface area (Å²) in [6, 6.07) is 7.51. The third-order valence-electron chi connectivity index (χ3n) is 4.38. The topological polar surface area (TPSA) is 59.1 Å². The number of rotatable bonds is 5. The maximum absolute atomic E-state index is 13.6. The number of alkyl halides is 2. The number of halogens is 2. The lowest BCUT2D eigenvalue weighted by molar-refractivity contribution is -0.149. The summed E-state index contributed by atoms with van der Waals surface area (Å²) in [6.07, 6.45) is -3.34. The summed E-state index contributed by atoms with van der Waals surface area (Å²) in [7, 11) is 0. The maximum Gasteiger partial charge on any atom is 0.410 e. The zero-order chi connectivity index (χ0) is 20.9. The highest BCUT2D eigenvalue weighted by Gasteiger charge is 2.41. The smallest absolute Gasteiger partial charge is 0.410 e. The molecule has 0 unspecified atom stereocenters. The average Bonchev–Trinajstić information content (AvgIpc) is 2.59. The van der Waals surface area contributed by atoms with Gasteiger partial charge in [-0.25, -0.2) is 13.6 Å². The van der Waals surface area contributed by atoms with E-state index in [1.54, 1.807) is 27.7 Å². The molecule has 1 heterocycles. The van der Waals surface area contributed by atoms with E-state index < -0.39 is 30.1 Å². The Bertz CT molecular complexity index is 664. The molecule has 2 atom stereocenters. The molecule has 0 bridgehead atoms. The minimum atomic E-state index is -2.71. The highest BCUT2D eigenvalue weighted by atomic mass is 19.3. The predicted molar refractivity (Wildman–Crippen MR) is 100 cm³/mol. The van der Waals surface area contributed by atoms with E-state index in [0.29, 0.717) is 0 Å². The first-order chi connectivity index (χ1) is 13.1. The lowest BCUT2D eigenvalue weighted by atomic mass is 10.1. The van der Waals surface area contributed by atoms with Gasteiger partial charge < -0.3 is 14.4 Å². The highest BCUT2D eigenvalue weighted by Crippen LogP contribution is 2.22. The van der Waals surface area contributed by atoms with Crippen LogP contribution in [0, 0.1) is 0 Å². The van der Waals surface area contributed by atoms with Crippen molar-refractivity contribution < 1.29 is 27.8 Å². The Kier molecular flexibility index (Phi) is 7.35. The van der Waals surface area contributed by atoms with Crippen LogP contribution in [0.25, 0.3) is 0 Å². The molecular formula is C20H28F2N2O4. The predicted octanol–water partition coefficient (Wildman–Crippen LogP) is 3.30. The molecule has 0 N–H and O–H groups in total. The molecular weight excluding hydrogens is 370 g/mol. The summed E-state index contributed by atoms with van der Waals surface area (Å²) in [6.45, 7) is 6.67. The van der Waals surface area contributed by atoms with Gasteiger partial charge in [-0.05, 0) is 33.3 Å². The van der Waals surface area contributed by atoms with Crippen LogP contribution in [0.4, 0.5) is 13.6 Å². The molecule has 6 nitrogen and oxygen atoms in total. The molecule has 1 saturated heterocycles. The fourth-order valence-corrected chi connectivity index (χ4v) is 3.02. The fraction of sp³-hybridized carbons (Fsp3) is 0.600. The number of piperazine rings is 1. The van der Waals surface area contributed by atoms with E-state index in [9.17, 15) is 18.4 Å². The quantitative estimate of drug-likeness (QED) is 0.713. The molecule has 1 fully saturated rings. The van der Waals surface area contributed by atoms with Gasteiger partial charge in [-0.2, -0.15) is 0 Å². The fourth-order valence-electron chi connectivity index (χ4n) is 3.02. The summed E-state index contributed by atoms with van der Waals surface area (Å²) in [5.74, 6) is -0.576. The average molecular weight is 398 g/mol. The second kappa shape index (κ2) is 9.32. The second-order valence-corrected chi connectivity index (χ2v) is 7.96. The van der Waals surface area contributed by atoms with E-state index >= 15 is 0 Å². The molecule has 1 aliphatic rings. The number of hydrogen-bond acceptors (Lipinski definition) is 5. The largest absolute Gasteiger partial charge is 0.460 e. The van der Waals surface area contributed by atoms with Crippen molar-refractivity contribution in [2.45, 2.75) is 58.4 Å². The number of amides is 1. The molecule has 28 heavy (non-hydrogen) atoms. The van der Waals surface area contributed by atoms with Gasteiger partial charge in [-0.3, -0.25) is 9.69 Å². The molecule has 0 spiro atoms. The van der Waals surface area contributed by atoms with Crippen molar-refractivity contribution >= 4 is 12.1 Å². The highest BCUT2D eigenvalue weighted by molar-refractivity contribution is 5.72.